The van der Waals surface area contributed by atoms with Gasteiger partial charge >= 0.3 is 6.03 Å². The minimum atomic E-state index is -0.591. The van der Waals surface area contributed by atoms with Gasteiger partial charge in [-0.15, -0.1) is 0 Å². The predicted molar refractivity (Wildman–Crippen MR) is 106 cm³/mol. The van der Waals surface area contributed by atoms with Crippen molar-refractivity contribution in [1.29, 1.82) is 0 Å². The van der Waals surface area contributed by atoms with E-state index < -0.39 is 6.04 Å². The second-order valence-corrected chi connectivity index (χ2v) is 6.26. The Balaban J connectivity index is 1.88. The van der Waals surface area contributed by atoms with Crippen LogP contribution in [0.15, 0.2) is 59.8 Å². The van der Waals surface area contributed by atoms with Gasteiger partial charge in [0.2, 0.25) is 0 Å². The lowest BCUT2D eigenvalue weighted by atomic mass is 9.94. The summed E-state index contributed by atoms with van der Waals surface area (Å²) in [4.78, 5) is 25.0. The SMILES string of the molecule is CCOc1ccc(NC(=O)C2=C(C)NC(=O)N[C@@H]2c2cccc(OC)c2)cc1. The lowest BCUT2D eigenvalue weighted by Gasteiger charge is -2.28. The van der Waals surface area contributed by atoms with E-state index in [0.29, 0.717) is 29.3 Å². The van der Waals surface area contributed by atoms with Gasteiger partial charge in [-0.05, 0) is 55.8 Å². The van der Waals surface area contributed by atoms with Crippen molar-refractivity contribution in [2.75, 3.05) is 19.0 Å². The fourth-order valence-corrected chi connectivity index (χ4v) is 3.07. The van der Waals surface area contributed by atoms with Crippen molar-refractivity contribution in [3.63, 3.8) is 0 Å². The van der Waals surface area contributed by atoms with Crippen LogP contribution in [0.2, 0.25) is 0 Å². The lowest BCUT2D eigenvalue weighted by Crippen LogP contribution is -2.45. The highest BCUT2D eigenvalue weighted by Gasteiger charge is 2.31. The third-order valence-electron chi connectivity index (χ3n) is 4.36. The summed E-state index contributed by atoms with van der Waals surface area (Å²) in [5.41, 5.74) is 2.32. The standard InChI is InChI=1S/C21H23N3O4/c1-4-28-16-10-8-15(9-11-16)23-20(25)18-13(2)22-21(26)24-19(18)14-6-5-7-17(12-14)27-3/h5-12,19H,4H2,1-3H3,(H,23,25)(H2,22,24,26)/t19-/m1/s1. The van der Waals surface area contributed by atoms with Gasteiger partial charge in [-0.25, -0.2) is 4.79 Å². The maximum absolute atomic E-state index is 13.0. The first-order valence-corrected chi connectivity index (χ1v) is 8.98. The first kappa shape index (κ1) is 19.3. The molecule has 2 aromatic rings. The number of anilines is 1. The number of hydrogen-bond acceptors (Lipinski definition) is 4. The number of benzene rings is 2. The molecule has 0 aromatic heterocycles. The van der Waals surface area contributed by atoms with Gasteiger partial charge in [-0.1, -0.05) is 12.1 Å². The Morgan fingerprint density at radius 3 is 2.57 bits per heavy atom. The zero-order valence-corrected chi connectivity index (χ0v) is 16.0. The molecule has 0 fully saturated rings. The fraction of sp³-hybridized carbons (Fsp3) is 0.238. The summed E-state index contributed by atoms with van der Waals surface area (Å²) in [5.74, 6) is 1.08. The molecule has 28 heavy (non-hydrogen) atoms. The second-order valence-electron chi connectivity index (χ2n) is 6.26. The van der Waals surface area contributed by atoms with E-state index in [4.69, 9.17) is 9.47 Å². The summed E-state index contributed by atoms with van der Waals surface area (Å²) in [6.07, 6.45) is 0. The molecule has 0 bridgehead atoms. The summed E-state index contributed by atoms with van der Waals surface area (Å²) >= 11 is 0. The van der Waals surface area contributed by atoms with E-state index in [0.717, 1.165) is 11.3 Å². The molecule has 0 spiro atoms. The van der Waals surface area contributed by atoms with Crippen LogP contribution in [-0.2, 0) is 4.79 Å². The molecule has 1 aliphatic heterocycles. The van der Waals surface area contributed by atoms with Crippen LogP contribution in [-0.4, -0.2) is 25.7 Å². The van der Waals surface area contributed by atoms with Gasteiger partial charge in [0.1, 0.15) is 11.5 Å². The molecule has 7 nitrogen and oxygen atoms in total. The van der Waals surface area contributed by atoms with E-state index >= 15 is 0 Å². The highest BCUT2D eigenvalue weighted by atomic mass is 16.5. The number of methoxy groups -OCH3 is 1. The Morgan fingerprint density at radius 2 is 1.89 bits per heavy atom. The summed E-state index contributed by atoms with van der Waals surface area (Å²) < 4.78 is 10.7. The molecular weight excluding hydrogens is 358 g/mol. The van der Waals surface area contributed by atoms with Crippen molar-refractivity contribution in [2.45, 2.75) is 19.9 Å². The molecule has 0 radical (unpaired) electrons. The summed E-state index contributed by atoms with van der Waals surface area (Å²) in [7, 11) is 1.57. The number of nitrogens with one attached hydrogen (secondary N) is 3. The van der Waals surface area contributed by atoms with Crippen LogP contribution in [0.25, 0.3) is 0 Å². The van der Waals surface area contributed by atoms with Crippen molar-refractivity contribution in [3.05, 3.63) is 65.4 Å². The average molecular weight is 381 g/mol. The molecule has 0 saturated heterocycles. The molecule has 3 amide bonds. The Bertz CT molecular complexity index is 906. The minimum Gasteiger partial charge on any atom is -0.497 e. The summed E-state index contributed by atoms with van der Waals surface area (Å²) in [5, 5.41) is 8.36. The number of hydrogen-bond donors (Lipinski definition) is 3. The number of rotatable bonds is 6. The van der Waals surface area contributed by atoms with Crippen molar-refractivity contribution in [2.24, 2.45) is 0 Å². The highest BCUT2D eigenvalue weighted by Crippen LogP contribution is 2.30. The molecule has 0 unspecified atom stereocenters. The summed E-state index contributed by atoms with van der Waals surface area (Å²) in [6.45, 7) is 4.19. The first-order valence-electron chi connectivity index (χ1n) is 8.98. The molecule has 2 aromatic carbocycles. The van der Waals surface area contributed by atoms with E-state index in [1.165, 1.54) is 0 Å². The Kier molecular flexibility index (Phi) is 5.84. The van der Waals surface area contributed by atoms with Crippen molar-refractivity contribution in [1.82, 2.24) is 10.6 Å². The summed E-state index contributed by atoms with van der Waals surface area (Å²) in [6, 6.07) is 13.4. The third kappa shape index (κ3) is 4.25. The molecule has 3 N–H and O–H groups in total. The molecule has 7 heteroatoms. The van der Waals surface area contributed by atoms with Crippen LogP contribution < -0.4 is 25.4 Å². The number of ether oxygens (including phenoxy) is 2. The number of amides is 3. The van der Waals surface area contributed by atoms with Gasteiger partial charge in [0.15, 0.2) is 0 Å². The predicted octanol–water partition coefficient (Wildman–Crippen LogP) is 3.36. The molecular formula is C21H23N3O4. The maximum Gasteiger partial charge on any atom is 0.319 e. The van der Waals surface area contributed by atoms with Crippen LogP contribution in [0, 0.1) is 0 Å². The molecule has 0 saturated carbocycles. The fourth-order valence-electron chi connectivity index (χ4n) is 3.07. The number of allylic oxidation sites excluding steroid dienone is 1. The van der Waals surface area contributed by atoms with Crippen molar-refractivity contribution < 1.29 is 19.1 Å². The van der Waals surface area contributed by atoms with Gasteiger partial charge in [-0.2, -0.15) is 0 Å². The van der Waals surface area contributed by atoms with Gasteiger partial charge in [0.25, 0.3) is 5.91 Å². The van der Waals surface area contributed by atoms with Gasteiger partial charge < -0.3 is 25.4 Å². The zero-order valence-electron chi connectivity index (χ0n) is 16.0. The average Bonchev–Trinajstić information content (AvgIpc) is 2.69. The largest absolute Gasteiger partial charge is 0.497 e. The first-order chi connectivity index (χ1) is 13.5. The monoisotopic (exact) mass is 381 g/mol. The highest BCUT2D eigenvalue weighted by molar-refractivity contribution is 6.06. The molecule has 146 valence electrons. The Hall–Kier alpha value is -3.48. The van der Waals surface area contributed by atoms with Crippen LogP contribution in [0.1, 0.15) is 25.5 Å². The van der Waals surface area contributed by atoms with Gasteiger partial charge in [0, 0.05) is 11.4 Å². The second kappa shape index (κ2) is 8.47. The Labute approximate surface area is 163 Å². The number of urea groups is 1. The topological polar surface area (TPSA) is 88.7 Å². The number of carbonyl (C=O) groups excluding carboxylic acids is 2. The van der Waals surface area contributed by atoms with Crippen LogP contribution >= 0.6 is 0 Å². The molecule has 0 aliphatic carbocycles. The molecule has 1 heterocycles. The van der Waals surface area contributed by atoms with E-state index in [1.807, 2.05) is 25.1 Å². The van der Waals surface area contributed by atoms with E-state index in [9.17, 15) is 9.59 Å². The minimum absolute atomic E-state index is 0.304. The van der Waals surface area contributed by atoms with Gasteiger partial charge in [-0.3, -0.25) is 4.79 Å². The quantitative estimate of drug-likeness (QED) is 0.716. The molecule has 1 atom stereocenters. The zero-order chi connectivity index (χ0) is 20.1. The smallest absolute Gasteiger partial charge is 0.319 e. The van der Waals surface area contributed by atoms with Crippen LogP contribution in [0.5, 0.6) is 11.5 Å². The third-order valence-corrected chi connectivity index (χ3v) is 4.36. The molecule has 1 aliphatic rings. The normalized spacial score (nSPS) is 16.1. The van der Waals surface area contributed by atoms with Crippen molar-refractivity contribution in [3.8, 4) is 11.5 Å². The van der Waals surface area contributed by atoms with E-state index in [1.54, 1.807) is 44.4 Å². The van der Waals surface area contributed by atoms with Gasteiger partial charge in [0.05, 0.1) is 25.3 Å². The van der Waals surface area contributed by atoms with Crippen LogP contribution in [0.4, 0.5) is 10.5 Å². The maximum atomic E-state index is 13.0. The van der Waals surface area contributed by atoms with Crippen LogP contribution in [0.3, 0.4) is 0 Å². The van der Waals surface area contributed by atoms with Crippen molar-refractivity contribution >= 4 is 17.6 Å². The van der Waals surface area contributed by atoms with E-state index in [-0.39, 0.29) is 11.9 Å². The lowest BCUT2D eigenvalue weighted by molar-refractivity contribution is -0.113. The van der Waals surface area contributed by atoms with E-state index in [2.05, 4.69) is 16.0 Å². The number of carbonyl (C=O) groups is 2. The Morgan fingerprint density at radius 1 is 1.14 bits per heavy atom. The molecule has 3 rings (SSSR count).